The summed E-state index contributed by atoms with van der Waals surface area (Å²) in [7, 11) is 1.64. The number of ether oxygens (including phenoxy) is 2. The lowest BCUT2D eigenvalue weighted by Crippen LogP contribution is -2.31. The molecule has 2 aromatic rings. The molecule has 0 aliphatic heterocycles. The second-order valence-corrected chi connectivity index (χ2v) is 5.51. The summed E-state index contributed by atoms with van der Waals surface area (Å²) in [5, 5.41) is 5.67. The van der Waals surface area contributed by atoms with Gasteiger partial charge in [-0.15, -0.1) is 0 Å². The van der Waals surface area contributed by atoms with E-state index in [2.05, 4.69) is 10.6 Å². The smallest absolute Gasteiger partial charge is 0.319 e. The molecule has 0 aliphatic carbocycles. The van der Waals surface area contributed by atoms with E-state index in [-0.39, 0.29) is 12.1 Å². The lowest BCUT2D eigenvalue weighted by atomic mass is 10.2. The van der Waals surface area contributed by atoms with Crippen molar-refractivity contribution in [1.82, 2.24) is 5.32 Å². The van der Waals surface area contributed by atoms with Crippen LogP contribution in [0.2, 0.25) is 0 Å². The molecular weight excluding hydrogens is 308 g/mol. The molecule has 1 atom stereocenters. The van der Waals surface area contributed by atoms with Crippen LogP contribution in [0.15, 0.2) is 40.8 Å². The monoisotopic (exact) mass is 332 g/mol. The Balaban J connectivity index is 1.84. The topological polar surface area (TPSA) is 72.7 Å². The van der Waals surface area contributed by atoms with Crippen molar-refractivity contribution in [1.29, 1.82) is 0 Å². The second kappa shape index (κ2) is 9.10. The van der Waals surface area contributed by atoms with Gasteiger partial charge in [0, 0.05) is 12.8 Å². The number of amides is 2. The minimum absolute atomic E-state index is 0.209. The fourth-order valence-corrected chi connectivity index (χ4v) is 2.19. The van der Waals surface area contributed by atoms with Gasteiger partial charge in [0.2, 0.25) is 0 Å². The fraction of sp³-hybridized carbons (Fsp3) is 0.389. The number of anilines is 1. The molecule has 1 unspecified atom stereocenters. The van der Waals surface area contributed by atoms with Crippen molar-refractivity contribution in [2.24, 2.45) is 0 Å². The van der Waals surface area contributed by atoms with Crippen molar-refractivity contribution in [2.45, 2.75) is 26.5 Å². The molecule has 0 aliphatic rings. The molecule has 2 rings (SSSR count). The largest absolute Gasteiger partial charge is 0.464 e. The maximum Gasteiger partial charge on any atom is 0.319 e. The molecule has 1 aromatic carbocycles. The number of furan rings is 1. The highest BCUT2D eigenvalue weighted by atomic mass is 16.5. The molecule has 1 aromatic heterocycles. The van der Waals surface area contributed by atoms with Crippen LogP contribution in [0.4, 0.5) is 10.5 Å². The van der Waals surface area contributed by atoms with Gasteiger partial charge in [0.1, 0.15) is 11.5 Å². The molecule has 130 valence electrons. The Labute approximate surface area is 142 Å². The van der Waals surface area contributed by atoms with Crippen LogP contribution >= 0.6 is 0 Å². The Bertz CT molecular complexity index is 654. The maximum absolute atomic E-state index is 12.1. The highest BCUT2D eigenvalue weighted by Gasteiger charge is 2.12. The van der Waals surface area contributed by atoms with Crippen molar-refractivity contribution < 1.29 is 18.7 Å². The minimum Gasteiger partial charge on any atom is -0.464 e. The van der Waals surface area contributed by atoms with E-state index in [0.29, 0.717) is 25.5 Å². The van der Waals surface area contributed by atoms with E-state index in [4.69, 9.17) is 13.9 Å². The van der Waals surface area contributed by atoms with Gasteiger partial charge < -0.3 is 24.5 Å². The quantitative estimate of drug-likeness (QED) is 0.724. The normalized spacial score (nSPS) is 12.0. The summed E-state index contributed by atoms with van der Waals surface area (Å²) >= 11 is 0. The van der Waals surface area contributed by atoms with E-state index in [0.717, 1.165) is 17.1 Å². The first-order valence-corrected chi connectivity index (χ1v) is 7.88. The summed E-state index contributed by atoms with van der Waals surface area (Å²) in [4.78, 5) is 12.1. The van der Waals surface area contributed by atoms with E-state index in [1.54, 1.807) is 7.11 Å². The molecule has 1 heterocycles. The lowest BCUT2D eigenvalue weighted by Gasteiger charge is -2.13. The number of hydrogen-bond donors (Lipinski definition) is 2. The summed E-state index contributed by atoms with van der Waals surface area (Å²) in [5.74, 6) is 1.54. The van der Waals surface area contributed by atoms with E-state index in [9.17, 15) is 4.79 Å². The number of carbonyl (C=O) groups excluding carboxylic acids is 1. The zero-order chi connectivity index (χ0) is 17.4. The summed E-state index contributed by atoms with van der Waals surface area (Å²) in [6, 6.07) is 10.8. The molecule has 2 amide bonds. The van der Waals surface area contributed by atoms with Crippen molar-refractivity contribution in [3.8, 4) is 0 Å². The number of hydrogen-bond acceptors (Lipinski definition) is 4. The standard InChI is InChI=1S/C18H24N2O4/c1-13-7-8-17(24-13)14(2)19-18(21)20-16-6-4-5-15(11-16)12-23-10-9-22-3/h4-8,11,14H,9-10,12H2,1-3H3,(H2,19,20,21). The highest BCUT2D eigenvalue weighted by Crippen LogP contribution is 2.16. The predicted octanol–water partition coefficient (Wildman–Crippen LogP) is 3.63. The zero-order valence-corrected chi connectivity index (χ0v) is 14.3. The van der Waals surface area contributed by atoms with Crippen LogP contribution in [-0.4, -0.2) is 26.4 Å². The fourth-order valence-electron chi connectivity index (χ4n) is 2.19. The third-order valence-electron chi connectivity index (χ3n) is 3.42. The van der Waals surface area contributed by atoms with Gasteiger partial charge in [-0.25, -0.2) is 4.79 Å². The Morgan fingerprint density at radius 3 is 2.79 bits per heavy atom. The van der Waals surface area contributed by atoms with Crippen LogP contribution in [0.5, 0.6) is 0 Å². The van der Waals surface area contributed by atoms with Crippen molar-refractivity contribution in [2.75, 3.05) is 25.6 Å². The molecule has 6 nitrogen and oxygen atoms in total. The highest BCUT2D eigenvalue weighted by molar-refractivity contribution is 5.89. The number of urea groups is 1. The lowest BCUT2D eigenvalue weighted by molar-refractivity contribution is 0.0617. The molecule has 0 radical (unpaired) electrons. The SMILES string of the molecule is COCCOCc1cccc(NC(=O)NC(C)c2ccc(C)o2)c1. The van der Waals surface area contributed by atoms with Crippen molar-refractivity contribution in [3.63, 3.8) is 0 Å². The number of benzene rings is 1. The number of nitrogens with one attached hydrogen (secondary N) is 2. The van der Waals surface area contributed by atoms with Crippen LogP contribution in [0, 0.1) is 6.92 Å². The maximum atomic E-state index is 12.1. The summed E-state index contributed by atoms with van der Waals surface area (Å²) < 4.78 is 15.9. The van der Waals surface area contributed by atoms with Gasteiger partial charge >= 0.3 is 6.03 Å². The van der Waals surface area contributed by atoms with Crippen LogP contribution < -0.4 is 10.6 Å². The predicted molar refractivity (Wildman–Crippen MR) is 92.0 cm³/mol. The molecule has 0 spiro atoms. The molecule has 2 N–H and O–H groups in total. The molecule has 0 saturated heterocycles. The number of rotatable bonds is 8. The first-order valence-electron chi connectivity index (χ1n) is 7.88. The first-order chi connectivity index (χ1) is 11.6. The van der Waals surface area contributed by atoms with Gasteiger partial charge in [0.15, 0.2) is 0 Å². The Kier molecular flexibility index (Phi) is 6.84. The molecule has 0 saturated carbocycles. The van der Waals surface area contributed by atoms with Crippen LogP contribution in [-0.2, 0) is 16.1 Å². The van der Waals surface area contributed by atoms with Crippen LogP contribution in [0.25, 0.3) is 0 Å². The van der Waals surface area contributed by atoms with Gasteiger partial charge in [0.05, 0.1) is 25.9 Å². The van der Waals surface area contributed by atoms with Gasteiger partial charge in [-0.1, -0.05) is 12.1 Å². The van der Waals surface area contributed by atoms with Crippen molar-refractivity contribution in [3.05, 3.63) is 53.5 Å². The van der Waals surface area contributed by atoms with Gasteiger partial charge in [-0.2, -0.15) is 0 Å². The third kappa shape index (κ3) is 5.72. The minimum atomic E-state index is -0.283. The zero-order valence-electron chi connectivity index (χ0n) is 14.3. The second-order valence-electron chi connectivity index (χ2n) is 5.51. The average Bonchev–Trinajstić information content (AvgIpc) is 2.98. The van der Waals surface area contributed by atoms with Crippen LogP contribution in [0.3, 0.4) is 0 Å². The Hall–Kier alpha value is -2.31. The number of aryl methyl sites for hydroxylation is 1. The molecule has 6 heteroatoms. The Morgan fingerprint density at radius 1 is 1.25 bits per heavy atom. The first kappa shape index (κ1) is 18.0. The Morgan fingerprint density at radius 2 is 2.08 bits per heavy atom. The third-order valence-corrected chi connectivity index (χ3v) is 3.42. The molecular formula is C18H24N2O4. The van der Waals surface area contributed by atoms with E-state index in [1.165, 1.54) is 0 Å². The van der Waals surface area contributed by atoms with E-state index >= 15 is 0 Å². The van der Waals surface area contributed by atoms with Gasteiger partial charge in [-0.05, 0) is 43.7 Å². The summed E-state index contributed by atoms with van der Waals surface area (Å²) in [5.41, 5.74) is 1.70. The number of methoxy groups -OCH3 is 1. The molecule has 0 bridgehead atoms. The van der Waals surface area contributed by atoms with Crippen LogP contribution in [0.1, 0.15) is 30.0 Å². The summed E-state index contributed by atoms with van der Waals surface area (Å²) in [6.07, 6.45) is 0. The number of carbonyl (C=O) groups is 1. The van der Waals surface area contributed by atoms with Gasteiger partial charge in [-0.3, -0.25) is 0 Å². The van der Waals surface area contributed by atoms with E-state index < -0.39 is 0 Å². The molecule has 0 fully saturated rings. The van der Waals surface area contributed by atoms with E-state index in [1.807, 2.05) is 50.2 Å². The average molecular weight is 332 g/mol. The molecule has 24 heavy (non-hydrogen) atoms. The van der Waals surface area contributed by atoms with Crippen molar-refractivity contribution >= 4 is 11.7 Å². The van der Waals surface area contributed by atoms with Gasteiger partial charge in [0.25, 0.3) is 0 Å². The summed E-state index contributed by atoms with van der Waals surface area (Å²) in [6.45, 7) is 5.32.